The Kier molecular flexibility index (Phi) is 4.94. The van der Waals surface area contributed by atoms with E-state index in [4.69, 9.17) is 0 Å². The van der Waals surface area contributed by atoms with Gasteiger partial charge < -0.3 is 4.55 Å². The lowest BCUT2D eigenvalue weighted by molar-refractivity contribution is 0.597. The van der Waals surface area contributed by atoms with Crippen LogP contribution in [0.1, 0.15) is 11.1 Å². The van der Waals surface area contributed by atoms with Gasteiger partial charge in [0.2, 0.25) is 0 Å². The standard InChI is InChI=1S/C14H12N2O2S2/c1-10-2-5-13(6-3-10)20(18)15-9-11-8-12(16-17)4-7-14(11)19/h2-9,19H,1H3/b15-9+/t20-/m0/s1. The first-order chi connectivity index (χ1) is 9.60. The molecule has 2 aromatic carbocycles. The molecule has 2 rings (SSSR count). The molecule has 0 bridgehead atoms. The minimum atomic E-state index is -1.48. The van der Waals surface area contributed by atoms with Crippen molar-refractivity contribution in [2.24, 2.45) is 9.57 Å². The molecule has 2 aromatic rings. The Morgan fingerprint density at radius 3 is 2.55 bits per heavy atom. The molecule has 0 aromatic heterocycles. The number of nitrogens with zero attached hydrogens (tertiary/aromatic N) is 2. The van der Waals surface area contributed by atoms with Crippen LogP contribution in [0.2, 0.25) is 0 Å². The molecule has 0 saturated carbocycles. The zero-order chi connectivity index (χ0) is 14.5. The van der Waals surface area contributed by atoms with Gasteiger partial charge in [-0.05, 0) is 42.4 Å². The summed E-state index contributed by atoms with van der Waals surface area (Å²) in [5.41, 5.74) is 1.98. The van der Waals surface area contributed by atoms with Gasteiger partial charge in [-0.25, -0.2) is 0 Å². The highest BCUT2D eigenvalue weighted by atomic mass is 32.2. The second-order valence-electron chi connectivity index (χ2n) is 4.13. The molecular weight excluding hydrogens is 292 g/mol. The maximum atomic E-state index is 12.0. The largest absolute Gasteiger partial charge is 0.586 e. The summed E-state index contributed by atoms with van der Waals surface area (Å²) in [6.45, 7) is 1.96. The molecule has 0 spiro atoms. The number of hydrogen-bond acceptors (Lipinski definition) is 5. The van der Waals surface area contributed by atoms with Gasteiger partial charge in [0.05, 0.1) is 6.21 Å². The van der Waals surface area contributed by atoms with Crippen molar-refractivity contribution in [3.05, 3.63) is 58.5 Å². The van der Waals surface area contributed by atoms with Crippen LogP contribution in [-0.2, 0) is 11.4 Å². The molecular formula is C14H12N2O2S2. The van der Waals surface area contributed by atoms with Crippen LogP contribution in [0.4, 0.5) is 5.69 Å². The van der Waals surface area contributed by atoms with Crippen LogP contribution in [-0.4, -0.2) is 10.8 Å². The molecule has 0 amide bonds. The highest BCUT2D eigenvalue weighted by Crippen LogP contribution is 2.20. The predicted molar refractivity (Wildman–Crippen MR) is 84.3 cm³/mol. The first kappa shape index (κ1) is 14.8. The lowest BCUT2D eigenvalue weighted by Crippen LogP contribution is -1.98. The lowest BCUT2D eigenvalue weighted by Gasteiger charge is -2.03. The SMILES string of the molecule is Cc1ccc([S@+]([O-])/N=C/c2cc(N=O)ccc2S)cc1. The molecule has 0 saturated heterocycles. The molecule has 0 fully saturated rings. The van der Waals surface area contributed by atoms with E-state index in [0.29, 0.717) is 15.4 Å². The van der Waals surface area contributed by atoms with E-state index in [1.807, 2.05) is 19.1 Å². The summed E-state index contributed by atoms with van der Waals surface area (Å²) in [6.07, 6.45) is 1.44. The highest BCUT2D eigenvalue weighted by molar-refractivity contribution is 7.90. The normalized spacial score (nSPS) is 12.6. The minimum Gasteiger partial charge on any atom is -0.586 e. The van der Waals surface area contributed by atoms with E-state index in [0.717, 1.165) is 5.56 Å². The van der Waals surface area contributed by atoms with E-state index in [1.165, 1.54) is 6.21 Å². The van der Waals surface area contributed by atoms with E-state index >= 15 is 0 Å². The monoisotopic (exact) mass is 304 g/mol. The molecule has 0 aliphatic carbocycles. The second-order valence-corrected chi connectivity index (χ2v) is 5.79. The molecule has 0 aliphatic heterocycles. The number of thiol groups is 1. The molecule has 1 atom stereocenters. The van der Waals surface area contributed by atoms with Crippen molar-refractivity contribution in [2.45, 2.75) is 16.7 Å². The number of aryl methyl sites for hydroxylation is 1. The third-order valence-corrected chi connectivity index (χ3v) is 4.01. The van der Waals surface area contributed by atoms with Crippen molar-refractivity contribution in [3.8, 4) is 0 Å². The average molecular weight is 304 g/mol. The number of rotatable bonds is 4. The maximum absolute atomic E-state index is 12.0. The third kappa shape index (κ3) is 3.69. The van der Waals surface area contributed by atoms with Gasteiger partial charge in [0, 0.05) is 10.5 Å². The van der Waals surface area contributed by atoms with Gasteiger partial charge in [0.15, 0.2) is 4.90 Å². The van der Waals surface area contributed by atoms with Crippen molar-refractivity contribution in [1.82, 2.24) is 0 Å². The van der Waals surface area contributed by atoms with Crippen LogP contribution in [0, 0.1) is 11.8 Å². The molecule has 0 N–H and O–H groups in total. The average Bonchev–Trinajstić information content (AvgIpc) is 2.47. The highest BCUT2D eigenvalue weighted by Gasteiger charge is 2.09. The van der Waals surface area contributed by atoms with Crippen molar-refractivity contribution < 1.29 is 4.55 Å². The fraction of sp³-hybridized carbons (Fsp3) is 0.0714. The predicted octanol–water partition coefficient (Wildman–Crippen LogP) is 3.82. The van der Waals surface area contributed by atoms with Gasteiger partial charge in [-0.1, -0.05) is 22.1 Å². The zero-order valence-electron chi connectivity index (χ0n) is 10.7. The molecule has 0 unspecified atom stereocenters. The molecule has 102 valence electrons. The summed E-state index contributed by atoms with van der Waals surface area (Å²) >= 11 is 2.77. The van der Waals surface area contributed by atoms with Crippen molar-refractivity contribution in [2.75, 3.05) is 0 Å². The molecule has 6 heteroatoms. The first-order valence-electron chi connectivity index (χ1n) is 5.79. The summed E-state index contributed by atoms with van der Waals surface area (Å²) in [6, 6.07) is 12.1. The molecule has 4 nitrogen and oxygen atoms in total. The van der Waals surface area contributed by atoms with Crippen LogP contribution in [0.25, 0.3) is 0 Å². The number of hydrogen-bond donors (Lipinski definition) is 1. The van der Waals surface area contributed by atoms with Gasteiger partial charge in [0.25, 0.3) is 0 Å². The van der Waals surface area contributed by atoms with Crippen LogP contribution in [0.15, 0.2) is 61.8 Å². The number of nitroso groups, excluding NO2 is 1. The summed E-state index contributed by atoms with van der Waals surface area (Å²) in [7, 11) is 0. The van der Waals surface area contributed by atoms with E-state index in [1.54, 1.807) is 30.3 Å². The van der Waals surface area contributed by atoms with Crippen molar-refractivity contribution >= 4 is 35.9 Å². The van der Waals surface area contributed by atoms with E-state index in [9.17, 15) is 9.46 Å². The Balaban J connectivity index is 2.20. The van der Waals surface area contributed by atoms with Crippen LogP contribution in [0.3, 0.4) is 0 Å². The molecule has 0 aliphatic rings. The molecule has 0 heterocycles. The van der Waals surface area contributed by atoms with E-state index in [2.05, 4.69) is 22.2 Å². The Labute approximate surface area is 125 Å². The Hall–Kier alpha value is -1.63. The fourth-order valence-electron chi connectivity index (χ4n) is 1.52. The summed E-state index contributed by atoms with van der Waals surface area (Å²) in [5, 5.41) is 2.85. The van der Waals surface area contributed by atoms with E-state index < -0.39 is 11.4 Å². The Morgan fingerprint density at radius 1 is 1.20 bits per heavy atom. The van der Waals surface area contributed by atoms with Gasteiger partial charge in [-0.3, -0.25) is 0 Å². The zero-order valence-corrected chi connectivity index (χ0v) is 12.4. The Bertz CT molecular complexity index is 642. The fourth-order valence-corrected chi connectivity index (χ4v) is 2.42. The van der Waals surface area contributed by atoms with Crippen molar-refractivity contribution in [3.63, 3.8) is 0 Å². The summed E-state index contributed by atoms with van der Waals surface area (Å²) in [4.78, 5) is 11.7. The summed E-state index contributed by atoms with van der Waals surface area (Å²) in [5.74, 6) is 0. The van der Waals surface area contributed by atoms with Gasteiger partial charge >= 0.3 is 0 Å². The van der Waals surface area contributed by atoms with Gasteiger partial charge in [0.1, 0.15) is 17.0 Å². The van der Waals surface area contributed by atoms with Crippen LogP contribution < -0.4 is 0 Å². The van der Waals surface area contributed by atoms with E-state index in [-0.39, 0.29) is 5.69 Å². The second kappa shape index (κ2) is 6.69. The molecule has 20 heavy (non-hydrogen) atoms. The Morgan fingerprint density at radius 2 is 1.90 bits per heavy atom. The maximum Gasteiger partial charge on any atom is 0.182 e. The van der Waals surface area contributed by atoms with Crippen molar-refractivity contribution in [1.29, 1.82) is 0 Å². The first-order valence-corrected chi connectivity index (χ1v) is 7.34. The quantitative estimate of drug-likeness (QED) is 0.404. The topological polar surface area (TPSA) is 64.8 Å². The van der Waals surface area contributed by atoms with Gasteiger partial charge in [-0.2, -0.15) is 0 Å². The minimum absolute atomic E-state index is 0.283. The van der Waals surface area contributed by atoms with Gasteiger partial charge in [-0.15, -0.1) is 17.5 Å². The third-order valence-electron chi connectivity index (χ3n) is 2.63. The summed E-state index contributed by atoms with van der Waals surface area (Å²) < 4.78 is 16.0. The van der Waals surface area contributed by atoms with Crippen LogP contribution in [0.5, 0.6) is 0 Å². The lowest BCUT2D eigenvalue weighted by atomic mass is 10.2. The smallest absolute Gasteiger partial charge is 0.182 e. The number of benzene rings is 2. The van der Waals surface area contributed by atoms with Crippen LogP contribution >= 0.6 is 12.6 Å². The molecule has 0 radical (unpaired) electrons.